The van der Waals surface area contributed by atoms with Crippen LogP contribution in [-0.2, 0) is 0 Å². The predicted octanol–water partition coefficient (Wildman–Crippen LogP) is 3.41. The zero-order chi connectivity index (χ0) is 15.1. The molecule has 0 aliphatic heterocycles. The molecular formula is C16H20N4O. The first kappa shape index (κ1) is 15.0. The van der Waals surface area contributed by atoms with Gasteiger partial charge in [-0.1, -0.05) is 31.4 Å². The van der Waals surface area contributed by atoms with Gasteiger partial charge in [0.1, 0.15) is 11.8 Å². The Hall–Kier alpha value is -2.35. The van der Waals surface area contributed by atoms with Crippen molar-refractivity contribution in [3.63, 3.8) is 0 Å². The topological polar surface area (TPSA) is 63.7 Å². The number of aromatic nitrogens is 3. The Kier molecular flexibility index (Phi) is 5.33. The molecule has 0 aliphatic rings. The summed E-state index contributed by atoms with van der Waals surface area (Å²) in [7, 11) is 0. The number of benzene rings is 1. The Balaban J connectivity index is 1.96. The van der Waals surface area contributed by atoms with Crippen LogP contribution in [-0.4, -0.2) is 21.6 Å². The molecule has 1 heterocycles. The van der Waals surface area contributed by atoms with Crippen LogP contribution in [0.1, 0.15) is 44.0 Å². The van der Waals surface area contributed by atoms with Crippen LogP contribution in [0.5, 0.6) is 5.75 Å². The van der Waals surface area contributed by atoms with Gasteiger partial charge >= 0.3 is 0 Å². The zero-order valence-corrected chi connectivity index (χ0v) is 12.5. The Morgan fingerprint density at radius 1 is 1.19 bits per heavy atom. The van der Waals surface area contributed by atoms with Gasteiger partial charge in [-0.25, -0.2) is 4.68 Å². The normalized spacial score (nSPS) is 10.3. The standard InChI is InChI=1S/C16H20N4O/c1-3-4-5-6-11-21-15-9-7-14(8-10-15)20-13(2)16(12-17)18-19-20/h7-10H,3-6,11H2,1-2H3. The first-order chi connectivity index (χ1) is 10.3. The van der Waals surface area contributed by atoms with Gasteiger partial charge in [0.05, 0.1) is 18.0 Å². The van der Waals surface area contributed by atoms with Gasteiger partial charge in [-0.3, -0.25) is 0 Å². The van der Waals surface area contributed by atoms with Gasteiger partial charge < -0.3 is 4.74 Å². The van der Waals surface area contributed by atoms with E-state index in [0.29, 0.717) is 5.69 Å². The lowest BCUT2D eigenvalue weighted by molar-refractivity contribution is 0.305. The quantitative estimate of drug-likeness (QED) is 0.731. The SMILES string of the molecule is CCCCCCOc1ccc(-n2nnc(C#N)c2C)cc1. The number of rotatable bonds is 7. The molecule has 0 radical (unpaired) electrons. The minimum absolute atomic E-state index is 0.353. The summed E-state index contributed by atoms with van der Waals surface area (Å²) in [5.41, 5.74) is 1.97. The van der Waals surface area contributed by atoms with Crippen molar-refractivity contribution in [2.24, 2.45) is 0 Å². The van der Waals surface area contributed by atoms with Gasteiger partial charge in [-0.2, -0.15) is 5.26 Å². The van der Waals surface area contributed by atoms with E-state index >= 15 is 0 Å². The maximum Gasteiger partial charge on any atom is 0.186 e. The van der Waals surface area contributed by atoms with Gasteiger partial charge in [0.15, 0.2) is 5.69 Å². The highest BCUT2D eigenvalue weighted by atomic mass is 16.5. The average molecular weight is 284 g/mol. The lowest BCUT2D eigenvalue weighted by atomic mass is 10.2. The number of hydrogen-bond donors (Lipinski definition) is 0. The first-order valence-electron chi connectivity index (χ1n) is 7.32. The van der Waals surface area contributed by atoms with E-state index in [-0.39, 0.29) is 0 Å². The average Bonchev–Trinajstić information content (AvgIpc) is 2.88. The number of unbranched alkanes of at least 4 members (excludes halogenated alkanes) is 3. The fraction of sp³-hybridized carbons (Fsp3) is 0.438. The Labute approximate surface area is 125 Å². The first-order valence-corrected chi connectivity index (χ1v) is 7.32. The summed E-state index contributed by atoms with van der Waals surface area (Å²) in [5, 5.41) is 16.7. The van der Waals surface area contributed by atoms with Crippen molar-refractivity contribution < 1.29 is 4.74 Å². The van der Waals surface area contributed by atoms with Crippen molar-refractivity contribution in [2.75, 3.05) is 6.61 Å². The van der Waals surface area contributed by atoms with Crippen molar-refractivity contribution in [3.8, 4) is 17.5 Å². The summed E-state index contributed by atoms with van der Waals surface area (Å²) in [4.78, 5) is 0. The highest BCUT2D eigenvalue weighted by Crippen LogP contribution is 2.17. The molecule has 21 heavy (non-hydrogen) atoms. The molecule has 2 rings (SSSR count). The van der Waals surface area contributed by atoms with E-state index in [0.717, 1.165) is 30.2 Å². The molecule has 0 saturated heterocycles. The maximum absolute atomic E-state index is 8.90. The molecule has 0 N–H and O–H groups in total. The molecule has 2 aromatic rings. The highest BCUT2D eigenvalue weighted by molar-refractivity contribution is 5.39. The van der Waals surface area contributed by atoms with Crippen LogP contribution in [0.4, 0.5) is 0 Å². The maximum atomic E-state index is 8.90. The predicted molar refractivity (Wildman–Crippen MR) is 80.4 cm³/mol. The fourth-order valence-corrected chi connectivity index (χ4v) is 2.08. The Morgan fingerprint density at radius 2 is 1.95 bits per heavy atom. The van der Waals surface area contributed by atoms with E-state index in [2.05, 4.69) is 17.2 Å². The lowest BCUT2D eigenvalue weighted by Crippen LogP contribution is -2.00. The second-order valence-corrected chi connectivity index (χ2v) is 4.95. The number of hydrogen-bond acceptors (Lipinski definition) is 4. The van der Waals surface area contributed by atoms with Crippen LogP contribution in [0.15, 0.2) is 24.3 Å². The molecule has 0 bridgehead atoms. The third-order valence-corrected chi connectivity index (χ3v) is 3.35. The summed E-state index contributed by atoms with van der Waals surface area (Å²) >= 11 is 0. The van der Waals surface area contributed by atoms with Gasteiger partial charge in [0.2, 0.25) is 0 Å². The molecule has 0 fully saturated rings. The van der Waals surface area contributed by atoms with Gasteiger partial charge in [0, 0.05) is 0 Å². The summed E-state index contributed by atoms with van der Waals surface area (Å²) in [6.07, 6.45) is 4.79. The van der Waals surface area contributed by atoms with E-state index < -0.39 is 0 Å². The molecule has 0 atom stereocenters. The van der Waals surface area contributed by atoms with Crippen LogP contribution < -0.4 is 4.74 Å². The van der Waals surface area contributed by atoms with E-state index in [4.69, 9.17) is 10.00 Å². The third kappa shape index (κ3) is 3.82. The largest absolute Gasteiger partial charge is 0.494 e. The molecular weight excluding hydrogens is 264 g/mol. The van der Waals surface area contributed by atoms with E-state index in [1.54, 1.807) is 4.68 Å². The third-order valence-electron chi connectivity index (χ3n) is 3.35. The van der Waals surface area contributed by atoms with Crippen LogP contribution in [0.2, 0.25) is 0 Å². The zero-order valence-electron chi connectivity index (χ0n) is 12.5. The van der Waals surface area contributed by atoms with Crippen LogP contribution in [0, 0.1) is 18.3 Å². The van der Waals surface area contributed by atoms with Crippen molar-refractivity contribution >= 4 is 0 Å². The lowest BCUT2D eigenvalue weighted by Gasteiger charge is -2.07. The minimum Gasteiger partial charge on any atom is -0.494 e. The van der Waals surface area contributed by atoms with Crippen molar-refractivity contribution in [1.82, 2.24) is 15.0 Å². The molecule has 0 saturated carbocycles. The van der Waals surface area contributed by atoms with E-state index in [1.165, 1.54) is 19.3 Å². The highest BCUT2D eigenvalue weighted by Gasteiger charge is 2.09. The molecule has 5 heteroatoms. The monoisotopic (exact) mass is 284 g/mol. The number of nitrogens with zero attached hydrogens (tertiary/aromatic N) is 4. The molecule has 0 spiro atoms. The summed E-state index contributed by atoms with van der Waals surface area (Å²) in [6, 6.07) is 9.70. The molecule has 5 nitrogen and oxygen atoms in total. The molecule has 110 valence electrons. The summed E-state index contributed by atoms with van der Waals surface area (Å²) in [5.74, 6) is 0.855. The van der Waals surface area contributed by atoms with E-state index in [9.17, 15) is 0 Å². The Bertz CT molecular complexity index is 610. The van der Waals surface area contributed by atoms with Crippen molar-refractivity contribution in [1.29, 1.82) is 5.26 Å². The second-order valence-electron chi connectivity index (χ2n) is 4.95. The van der Waals surface area contributed by atoms with E-state index in [1.807, 2.05) is 37.3 Å². The van der Waals surface area contributed by atoms with Crippen LogP contribution >= 0.6 is 0 Å². The molecule has 0 unspecified atom stereocenters. The molecule has 0 aliphatic carbocycles. The molecule has 0 amide bonds. The van der Waals surface area contributed by atoms with Gasteiger partial charge in [0.25, 0.3) is 0 Å². The molecule has 1 aromatic carbocycles. The summed E-state index contributed by atoms with van der Waals surface area (Å²) < 4.78 is 7.36. The van der Waals surface area contributed by atoms with Crippen LogP contribution in [0.3, 0.4) is 0 Å². The number of nitriles is 1. The fourth-order valence-electron chi connectivity index (χ4n) is 2.08. The van der Waals surface area contributed by atoms with Gasteiger partial charge in [-0.05, 0) is 37.6 Å². The number of ether oxygens (including phenoxy) is 1. The minimum atomic E-state index is 0.353. The van der Waals surface area contributed by atoms with Crippen molar-refractivity contribution in [2.45, 2.75) is 39.5 Å². The van der Waals surface area contributed by atoms with Crippen molar-refractivity contribution in [3.05, 3.63) is 35.7 Å². The summed E-state index contributed by atoms with van der Waals surface area (Å²) in [6.45, 7) is 4.78. The Morgan fingerprint density at radius 3 is 2.57 bits per heavy atom. The smallest absolute Gasteiger partial charge is 0.186 e. The van der Waals surface area contributed by atoms with Gasteiger partial charge in [-0.15, -0.1) is 5.10 Å². The van der Waals surface area contributed by atoms with Crippen LogP contribution in [0.25, 0.3) is 5.69 Å². The molecule has 1 aromatic heterocycles. The second kappa shape index (κ2) is 7.44.